The lowest BCUT2D eigenvalue weighted by Gasteiger charge is -2.10. The quantitative estimate of drug-likeness (QED) is 0.922. The molecule has 20 heavy (non-hydrogen) atoms. The number of nitriles is 1. The molecule has 0 aromatic heterocycles. The summed E-state index contributed by atoms with van der Waals surface area (Å²) in [5.74, 6) is 0.495. The summed E-state index contributed by atoms with van der Waals surface area (Å²) in [4.78, 5) is 0. The van der Waals surface area contributed by atoms with E-state index in [1.54, 1.807) is 13.2 Å². The van der Waals surface area contributed by atoms with Crippen molar-refractivity contribution in [2.75, 3.05) is 12.4 Å². The zero-order valence-corrected chi connectivity index (χ0v) is 11.4. The van der Waals surface area contributed by atoms with Crippen molar-refractivity contribution < 1.29 is 9.13 Å². The summed E-state index contributed by atoms with van der Waals surface area (Å²) in [6.45, 7) is 2.27. The average Bonchev–Trinajstić information content (AvgIpc) is 2.46. The lowest BCUT2D eigenvalue weighted by atomic mass is 10.1. The highest BCUT2D eigenvalue weighted by Gasteiger charge is 2.05. The zero-order chi connectivity index (χ0) is 14.5. The second-order valence-corrected chi connectivity index (χ2v) is 4.46. The van der Waals surface area contributed by atoms with Crippen LogP contribution in [0.15, 0.2) is 36.4 Å². The summed E-state index contributed by atoms with van der Waals surface area (Å²) < 4.78 is 18.8. The largest absolute Gasteiger partial charge is 0.496 e. The van der Waals surface area contributed by atoms with Crippen LogP contribution in [0, 0.1) is 24.1 Å². The monoisotopic (exact) mass is 270 g/mol. The van der Waals surface area contributed by atoms with E-state index in [1.807, 2.05) is 31.2 Å². The number of methoxy groups -OCH3 is 1. The number of aryl methyl sites for hydroxylation is 1. The van der Waals surface area contributed by atoms with Crippen LogP contribution in [-0.2, 0) is 6.54 Å². The normalized spacial score (nSPS) is 9.90. The van der Waals surface area contributed by atoms with Crippen LogP contribution in [-0.4, -0.2) is 7.11 Å². The average molecular weight is 270 g/mol. The number of halogens is 1. The van der Waals surface area contributed by atoms with Gasteiger partial charge in [-0.05, 0) is 48.9 Å². The van der Waals surface area contributed by atoms with Crippen molar-refractivity contribution in [3.8, 4) is 11.8 Å². The molecule has 0 saturated carbocycles. The highest BCUT2D eigenvalue weighted by Crippen LogP contribution is 2.22. The maximum Gasteiger partial charge on any atom is 0.128 e. The first-order valence-electron chi connectivity index (χ1n) is 6.21. The van der Waals surface area contributed by atoms with Crippen molar-refractivity contribution in [1.82, 2.24) is 0 Å². The first-order valence-corrected chi connectivity index (χ1v) is 6.21. The molecule has 0 aliphatic carbocycles. The second kappa shape index (κ2) is 6.07. The van der Waals surface area contributed by atoms with E-state index in [0.29, 0.717) is 17.7 Å². The molecule has 0 bridgehead atoms. The summed E-state index contributed by atoms with van der Waals surface area (Å²) in [5, 5.41) is 12.0. The van der Waals surface area contributed by atoms with Gasteiger partial charge in [-0.1, -0.05) is 0 Å². The Labute approximate surface area is 117 Å². The summed E-state index contributed by atoms with van der Waals surface area (Å²) in [6, 6.07) is 12.0. The Bertz CT molecular complexity index is 662. The van der Waals surface area contributed by atoms with E-state index in [1.165, 1.54) is 12.1 Å². The fourth-order valence-electron chi connectivity index (χ4n) is 1.97. The molecule has 0 saturated heterocycles. The SMILES string of the molecule is COc1ccc(NCc2cc(C#N)ccc2F)cc1C. The van der Waals surface area contributed by atoms with Gasteiger partial charge in [-0.3, -0.25) is 0 Å². The third-order valence-corrected chi connectivity index (χ3v) is 3.05. The maximum atomic E-state index is 13.6. The van der Waals surface area contributed by atoms with Gasteiger partial charge in [0, 0.05) is 17.8 Å². The summed E-state index contributed by atoms with van der Waals surface area (Å²) >= 11 is 0. The fraction of sp³-hybridized carbons (Fsp3) is 0.188. The molecule has 0 heterocycles. The molecule has 2 aromatic carbocycles. The molecule has 2 rings (SSSR count). The van der Waals surface area contributed by atoms with Gasteiger partial charge in [-0.25, -0.2) is 4.39 Å². The van der Waals surface area contributed by atoms with Gasteiger partial charge in [-0.15, -0.1) is 0 Å². The van der Waals surface area contributed by atoms with Gasteiger partial charge in [0.05, 0.1) is 18.7 Å². The topological polar surface area (TPSA) is 45.0 Å². The standard InChI is InChI=1S/C16H15FN2O/c1-11-7-14(4-6-16(11)20-2)19-10-13-8-12(9-18)3-5-15(13)17/h3-8,19H,10H2,1-2H3. The number of nitrogens with zero attached hydrogens (tertiary/aromatic N) is 1. The van der Waals surface area contributed by atoms with E-state index < -0.39 is 0 Å². The minimum Gasteiger partial charge on any atom is -0.496 e. The highest BCUT2D eigenvalue weighted by atomic mass is 19.1. The zero-order valence-electron chi connectivity index (χ0n) is 11.4. The van der Waals surface area contributed by atoms with Crippen LogP contribution in [0.1, 0.15) is 16.7 Å². The van der Waals surface area contributed by atoms with Gasteiger partial charge < -0.3 is 10.1 Å². The Morgan fingerprint density at radius 2 is 2.05 bits per heavy atom. The maximum absolute atomic E-state index is 13.6. The Kier molecular flexibility index (Phi) is 4.21. The van der Waals surface area contributed by atoms with Crippen molar-refractivity contribution in [3.05, 3.63) is 58.9 Å². The summed E-state index contributed by atoms with van der Waals surface area (Å²) in [7, 11) is 1.62. The minimum atomic E-state index is -0.318. The molecule has 0 unspecified atom stereocenters. The molecule has 0 fully saturated rings. The van der Waals surface area contributed by atoms with Crippen LogP contribution in [0.4, 0.5) is 10.1 Å². The third kappa shape index (κ3) is 3.07. The van der Waals surface area contributed by atoms with Crippen molar-refractivity contribution in [1.29, 1.82) is 5.26 Å². The summed E-state index contributed by atoms with van der Waals surface area (Å²) in [5.41, 5.74) is 2.81. The van der Waals surface area contributed by atoms with Crippen LogP contribution >= 0.6 is 0 Å². The molecule has 0 aliphatic rings. The molecule has 2 aromatic rings. The second-order valence-electron chi connectivity index (χ2n) is 4.46. The van der Waals surface area contributed by atoms with E-state index in [9.17, 15) is 4.39 Å². The van der Waals surface area contributed by atoms with Gasteiger partial charge in [0.1, 0.15) is 11.6 Å². The predicted molar refractivity (Wildman–Crippen MR) is 76.2 cm³/mol. The molecule has 102 valence electrons. The Hall–Kier alpha value is -2.54. The molecular formula is C16H15FN2O. The number of hydrogen-bond acceptors (Lipinski definition) is 3. The number of nitrogens with one attached hydrogen (secondary N) is 1. The molecule has 0 spiro atoms. The van der Waals surface area contributed by atoms with Crippen molar-refractivity contribution in [3.63, 3.8) is 0 Å². The van der Waals surface area contributed by atoms with Crippen LogP contribution in [0.2, 0.25) is 0 Å². The number of benzene rings is 2. The highest BCUT2D eigenvalue weighted by molar-refractivity contribution is 5.51. The van der Waals surface area contributed by atoms with E-state index in [4.69, 9.17) is 10.00 Å². The number of rotatable bonds is 4. The van der Waals surface area contributed by atoms with Gasteiger partial charge in [0.2, 0.25) is 0 Å². The van der Waals surface area contributed by atoms with Crippen molar-refractivity contribution >= 4 is 5.69 Å². The molecule has 0 atom stereocenters. The van der Waals surface area contributed by atoms with E-state index >= 15 is 0 Å². The Balaban J connectivity index is 2.13. The van der Waals surface area contributed by atoms with Gasteiger partial charge >= 0.3 is 0 Å². The van der Waals surface area contributed by atoms with Gasteiger partial charge in [0.15, 0.2) is 0 Å². The van der Waals surface area contributed by atoms with Crippen LogP contribution in [0.5, 0.6) is 5.75 Å². The third-order valence-electron chi connectivity index (χ3n) is 3.05. The van der Waals surface area contributed by atoms with Crippen molar-refractivity contribution in [2.24, 2.45) is 0 Å². The number of ether oxygens (including phenoxy) is 1. The lowest BCUT2D eigenvalue weighted by molar-refractivity contribution is 0.412. The Morgan fingerprint density at radius 3 is 2.70 bits per heavy atom. The van der Waals surface area contributed by atoms with E-state index in [-0.39, 0.29) is 5.82 Å². The smallest absolute Gasteiger partial charge is 0.128 e. The van der Waals surface area contributed by atoms with Crippen LogP contribution in [0.25, 0.3) is 0 Å². The fourth-order valence-corrected chi connectivity index (χ4v) is 1.97. The van der Waals surface area contributed by atoms with Gasteiger partial charge in [0.25, 0.3) is 0 Å². The molecule has 0 amide bonds. The number of anilines is 1. The molecule has 0 aliphatic heterocycles. The van der Waals surface area contributed by atoms with E-state index in [0.717, 1.165) is 17.0 Å². The molecule has 1 N–H and O–H groups in total. The predicted octanol–water partition coefficient (Wildman–Crippen LogP) is 3.63. The van der Waals surface area contributed by atoms with Crippen molar-refractivity contribution in [2.45, 2.75) is 13.5 Å². The first-order chi connectivity index (χ1) is 9.63. The minimum absolute atomic E-state index is 0.318. The van der Waals surface area contributed by atoms with Gasteiger partial charge in [-0.2, -0.15) is 5.26 Å². The van der Waals surface area contributed by atoms with E-state index in [2.05, 4.69) is 5.32 Å². The summed E-state index contributed by atoms with van der Waals surface area (Å²) in [6.07, 6.45) is 0. The molecule has 3 nitrogen and oxygen atoms in total. The molecule has 0 radical (unpaired) electrons. The molecular weight excluding hydrogens is 255 g/mol. The van der Waals surface area contributed by atoms with Crippen LogP contribution < -0.4 is 10.1 Å². The number of hydrogen-bond donors (Lipinski definition) is 1. The molecule has 4 heteroatoms. The lowest BCUT2D eigenvalue weighted by Crippen LogP contribution is -2.02. The Morgan fingerprint density at radius 1 is 1.25 bits per heavy atom. The first kappa shape index (κ1) is 13.9. The van der Waals surface area contributed by atoms with Crippen LogP contribution in [0.3, 0.4) is 0 Å².